The lowest BCUT2D eigenvalue weighted by Crippen LogP contribution is -2.65. The molecule has 0 radical (unpaired) electrons. The number of phenols is 1. The third-order valence-electron chi connectivity index (χ3n) is 6.34. The maximum atomic E-state index is 12.7. The van der Waals surface area contributed by atoms with Crippen LogP contribution in [0.1, 0.15) is 39.6 Å². The highest BCUT2D eigenvalue weighted by atomic mass is 16.8. The minimum absolute atomic E-state index is 0.0146. The molecule has 0 unspecified atom stereocenters. The summed E-state index contributed by atoms with van der Waals surface area (Å²) in [7, 11) is 0. The molecule has 5 aliphatic rings. The number of ether oxygens (including phenoxy) is 4. The first-order valence-electron chi connectivity index (χ1n) is 9.10. The van der Waals surface area contributed by atoms with E-state index in [1.165, 1.54) is 12.1 Å². The molecule has 0 saturated carbocycles. The van der Waals surface area contributed by atoms with Crippen LogP contribution in [0.2, 0.25) is 0 Å². The number of carbonyl (C=O) groups excluding carboxylic acids is 1. The van der Waals surface area contributed by atoms with E-state index < -0.39 is 36.0 Å². The van der Waals surface area contributed by atoms with Crippen LogP contribution in [-0.4, -0.2) is 39.4 Å². The van der Waals surface area contributed by atoms with Crippen molar-refractivity contribution in [1.82, 2.24) is 0 Å². The number of hydrogen-bond donors (Lipinski definition) is 3. The minimum atomic E-state index is -1.61. The molecule has 3 aliphatic heterocycles. The number of phenolic OH excluding ortho intramolecular Hbond substituents is 1. The molecule has 0 amide bonds. The van der Waals surface area contributed by atoms with E-state index in [1.54, 1.807) is 18.2 Å². The quantitative estimate of drug-likeness (QED) is 0.577. The van der Waals surface area contributed by atoms with Crippen molar-refractivity contribution in [3.05, 3.63) is 52.6 Å². The van der Waals surface area contributed by atoms with E-state index in [-0.39, 0.29) is 34.8 Å². The van der Waals surface area contributed by atoms with Crippen LogP contribution in [0.5, 0.6) is 17.2 Å². The van der Waals surface area contributed by atoms with E-state index in [2.05, 4.69) is 0 Å². The summed E-state index contributed by atoms with van der Waals surface area (Å²) in [5.74, 6) is -3.04. The number of carbonyl (C=O) groups is 1. The third kappa shape index (κ3) is 1.43. The lowest BCUT2D eigenvalue weighted by atomic mass is 9.76. The van der Waals surface area contributed by atoms with Crippen LogP contribution in [0.25, 0.3) is 0 Å². The first-order chi connectivity index (χ1) is 13.5. The molecule has 7 rings (SSSR count). The van der Waals surface area contributed by atoms with Crippen molar-refractivity contribution in [2.45, 2.75) is 42.4 Å². The lowest BCUT2D eigenvalue weighted by molar-refractivity contribution is -0.392. The van der Waals surface area contributed by atoms with Gasteiger partial charge in [-0.25, -0.2) is 0 Å². The zero-order valence-corrected chi connectivity index (χ0v) is 14.3. The molecule has 2 aromatic carbocycles. The second kappa shape index (κ2) is 4.33. The van der Waals surface area contributed by atoms with Gasteiger partial charge >= 0.3 is 0 Å². The molecule has 8 nitrogen and oxygen atoms in total. The number of epoxide rings is 1. The molecule has 1 fully saturated rings. The zero-order valence-electron chi connectivity index (χ0n) is 14.3. The summed E-state index contributed by atoms with van der Waals surface area (Å²) in [5.41, 5.74) is 1.31. The van der Waals surface area contributed by atoms with Crippen molar-refractivity contribution in [3.63, 3.8) is 0 Å². The van der Waals surface area contributed by atoms with Gasteiger partial charge < -0.3 is 29.5 Å². The average Bonchev–Trinajstić information content (AvgIpc) is 3.48. The summed E-state index contributed by atoms with van der Waals surface area (Å²) in [6.45, 7) is 0. The Morgan fingerprint density at radius 2 is 1.79 bits per heavy atom. The molecule has 2 aliphatic carbocycles. The number of Topliss-reactive ketones (excluding diaryl/α,β-unsaturated/α-hetero) is 1. The SMILES string of the molecule is O=C1c2c(O)ccc3c2[C@@]2(Oc4cccc5c4[C@@](O3)(O2)[C@H](O)C[C@@H]5O)[C@@H]2O[C@H]12. The molecular formula is C20H14O8. The van der Waals surface area contributed by atoms with Crippen molar-refractivity contribution < 1.29 is 39.1 Å². The molecule has 2 spiro atoms. The predicted molar refractivity (Wildman–Crippen MR) is 88.8 cm³/mol. The van der Waals surface area contributed by atoms with Gasteiger partial charge in [0.1, 0.15) is 23.4 Å². The minimum Gasteiger partial charge on any atom is -0.507 e. The Kier molecular flexibility index (Phi) is 2.37. The first kappa shape index (κ1) is 15.3. The molecule has 0 aromatic heterocycles. The monoisotopic (exact) mass is 382 g/mol. The van der Waals surface area contributed by atoms with Gasteiger partial charge in [-0.3, -0.25) is 9.53 Å². The Balaban J connectivity index is 1.60. The fourth-order valence-corrected chi connectivity index (χ4v) is 5.13. The maximum absolute atomic E-state index is 12.7. The van der Waals surface area contributed by atoms with Crippen LogP contribution in [0.15, 0.2) is 30.3 Å². The van der Waals surface area contributed by atoms with Crippen molar-refractivity contribution in [3.8, 4) is 17.2 Å². The van der Waals surface area contributed by atoms with Crippen molar-refractivity contribution in [2.24, 2.45) is 0 Å². The summed E-state index contributed by atoms with van der Waals surface area (Å²) in [5, 5.41) is 31.8. The molecule has 3 heterocycles. The number of fused-ring (bicyclic) bond motifs is 1. The highest BCUT2D eigenvalue weighted by Gasteiger charge is 2.75. The normalized spacial score (nSPS) is 40.4. The van der Waals surface area contributed by atoms with Crippen LogP contribution in [0, 0.1) is 0 Å². The highest BCUT2D eigenvalue weighted by Crippen LogP contribution is 2.65. The molecule has 2 bridgehead atoms. The molecule has 1 saturated heterocycles. The van der Waals surface area contributed by atoms with Gasteiger partial charge in [-0.15, -0.1) is 0 Å². The Morgan fingerprint density at radius 3 is 2.64 bits per heavy atom. The van der Waals surface area contributed by atoms with E-state index in [9.17, 15) is 20.1 Å². The fourth-order valence-electron chi connectivity index (χ4n) is 5.13. The van der Waals surface area contributed by atoms with E-state index >= 15 is 0 Å². The van der Waals surface area contributed by atoms with Crippen molar-refractivity contribution in [1.29, 1.82) is 0 Å². The standard InChI is InChI=1S/C20H14O8/c21-8-4-5-11-15-13(8)16(24)17-18(25-17)20(15)27-10-3-1-2-7-9(22)6-12(23)19(26-11,28-20)14(7)10/h1-5,9,12,17-18,21-23H,6H2/t9-,12+,17+,18+,19-,20-/m0/s1. The molecular weight excluding hydrogens is 368 g/mol. The first-order valence-corrected chi connectivity index (χ1v) is 9.10. The van der Waals surface area contributed by atoms with Crippen LogP contribution < -0.4 is 9.47 Å². The molecule has 3 N–H and O–H groups in total. The number of rotatable bonds is 0. The van der Waals surface area contributed by atoms with Gasteiger partial charge in [0.15, 0.2) is 18.0 Å². The highest BCUT2D eigenvalue weighted by molar-refractivity contribution is 6.07. The Bertz CT molecular complexity index is 1110. The Morgan fingerprint density at radius 1 is 1.00 bits per heavy atom. The number of aliphatic hydroxyl groups is 2. The number of aromatic hydroxyl groups is 1. The van der Waals surface area contributed by atoms with E-state index in [0.717, 1.165) is 0 Å². The summed E-state index contributed by atoms with van der Waals surface area (Å²) < 4.78 is 24.4. The number of aliphatic hydroxyl groups excluding tert-OH is 2. The van der Waals surface area contributed by atoms with Crippen LogP contribution in [0.3, 0.4) is 0 Å². The predicted octanol–water partition coefficient (Wildman–Crippen LogP) is 0.961. The fraction of sp³-hybridized carbons (Fsp3) is 0.350. The molecule has 142 valence electrons. The molecule has 8 heteroatoms. The van der Waals surface area contributed by atoms with Crippen molar-refractivity contribution in [2.75, 3.05) is 0 Å². The second-order valence-electron chi connectivity index (χ2n) is 7.80. The van der Waals surface area contributed by atoms with Gasteiger partial charge in [-0.2, -0.15) is 0 Å². The Hall–Kier alpha value is -2.65. The van der Waals surface area contributed by atoms with E-state index in [0.29, 0.717) is 16.9 Å². The largest absolute Gasteiger partial charge is 0.507 e. The molecule has 6 atom stereocenters. The summed E-state index contributed by atoms with van der Waals surface area (Å²) in [6, 6.07) is 8.08. The van der Waals surface area contributed by atoms with Gasteiger partial charge in [0, 0.05) is 6.42 Å². The third-order valence-corrected chi connectivity index (χ3v) is 6.34. The topological polar surface area (TPSA) is 118 Å². The molecule has 28 heavy (non-hydrogen) atoms. The van der Waals surface area contributed by atoms with E-state index in [1.807, 2.05) is 0 Å². The Labute approximate surface area is 157 Å². The summed E-state index contributed by atoms with van der Waals surface area (Å²) in [4.78, 5) is 12.7. The van der Waals surface area contributed by atoms with Crippen LogP contribution >= 0.6 is 0 Å². The van der Waals surface area contributed by atoms with Gasteiger partial charge in [0.2, 0.25) is 0 Å². The second-order valence-corrected chi connectivity index (χ2v) is 7.80. The smallest absolute Gasteiger partial charge is 0.274 e. The van der Waals surface area contributed by atoms with Crippen LogP contribution in [-0.2, 0) is 21.0 Å². The van der Waals surface area contributed by atoms with Crippen molar-refractivity contribution >= 4 is 5.78 Å². The van der Waals surface area contributed by atoms with Gasteiger partial charge in [-0.1, -0.05) is 12.1 Å². The number of hydrogen-bond acceptors (Lipinski definition) is 8. The molecule has 2 aromatic rings. The number of ketones is 1. The van der Waals surface area contributed by atoms with Gasteiger partial charge in [0.05, 0.1) is 22.8 Å². The summed E-state index contributed by atoms with van der Waals surface area (Å²) in [6.07, 6.45) is -3.57. The zero-order chi connectivity index (χ0) is 19.0. The van der Waals surface area contributed by atoms with Gasteiger partial charge in [0.25, 0.3) is 11.6 Å². The number of benzene rings is 2. The average molecular weight is 382 g/mol. The van der Waals surface area contributed by atoms with Crippen LogP contribution in [0.4, 0.5) is 0 Å². The van der Waals surface area contributed by atoms with Gasteiger partial charge in [-0.05, 0) is 23.8 Å². The maximum Gasteiger partial charge on any atom is 0.274 e. The summed E-state index contributed by atoms with van der Waals surface area (Å²) >= 11 is 0. The van der Waals surface area contributed by atoms with E-state index in [4.69, 9.17) is 18.9 Å². The lowest BCUT2D eigenvalue weighted by Gasteiger charge is -2.56.